The summed E-state index contributed by atoms with van der Waals surface area (Å²) >= 11 is 6.95. The minimum absolute atomic E-state index is 0.160. The van der Waals surface area contributed by atoms with E-state index < -0.39 is 0 Å². The first-order chi connectivity index (χ1) is 13.5. The van der Waals surface area contributed by atoms with Gasteiger partial charge in [-0.25, -0.2) is 4.98 Å². The van der Waals surface area contributed by atoms with Crippen molar-refractivity contribution in [2.45, 2.75) is 13.3 Å². The van der Waals surface area contributed by atoms with Crippen LogP contribution in [0.5, 0.6) is 5.75 Å². The molecule has 3 aromatic rings. The minimum Gasteiger partial charge on any atom is -0.493 e. The van der Waals surface area contributed by atoms with Crippen LogP contribution in [0.1, 0.15) is 21.8 Å². The SMILES string of the molecule is Cc1nc(NC(=O)CCOc2ccc(Cl)cc2)sc1C(=O)Nc1ccccc1. The normalized spacial score (nSPS) is 10.4. The van der Waals surface area contributed by atoms with E-state index in [1.54, 1.807) is 43.3 Å². The molecule has 144 valence electrons. The Balaban J connectivity index is 1.51. The van der Waals surface area contributed by atoms with Crippen molar-refractivity contribution in [1.29, 1.82) is 0 Å². The van der Waals surface area contributed by atoms with Crippen molar-refractivity contribution in [3.05, 3.63) is 70.2 Å². The van der Waals surface area contributed by atoms with Crippen LogP contribution in [-0.4, -0.2) is 23.4 Å². The number of nitrogens with zero attached hydrogens (tertiary/aromatic N) is 1. The summed E-state index contributed by atoms with van der Waals surface area (Å²) in [6.07, 6.45) is 0.160. The third-order valence-electron chi connectivity index (χ3n) is 3.69. The number of carbonyl (C=O) groups excluding carboxylic acids is 2. The topological polar surface area (TPSA) is 80.3 Å². The number of aryl methyl sites for hydroxylation is 1. The highest BCUT2D eigenvalue weighted by atomic mass is 35.5. The number of thiazole rings is 1. The maximum Gasteiger partial charge on any atom is 0.267 e. The van der Waals surface area contributed by atoms with Gasteiger partial charge >= 0.3 is 0 Å². The fourth-order valence-electron chi connectivity index (χ4n) is 2.34. The average molecular weight is 416 g/mol. The Morgan fingerprint density at radius 1 is 1.07 bits per heavy atom. The maximum absolute atomic E-state index is 12.4. The number of halogens is 1. The van der Waals surface area contributed by atoms with Crippen LogP contribution in [0.2, 0.25) is 5.02 Å². The highest BCUT2D eigenvalue weighted by molar-refractivity contribution is 7.17. The van der Waals surface area contributed by atoms with Crippen LogP contribution < -0.4 is 15.4 Å². The summed E-state index contributed by atoms with van der Waals surface area (Å²) in [4.78, 5) is 29.2. The smallest absolute Gasteiger partial charge is 0.267 e. The van der Waals surface area contributed by atoms with Crippen LogP contribution in [0.4, 0.5) is 10.8 Å². The third kappa shape index (κ3) is 5.55. The number of carbonyl (C=O) groups is 2. The zero-order chi connectivity index (χ0) is 19.9. The second-order valence-corrected chi connectivity index (χ2v) is 7.29. The summed E-state index contributed by atoms with van der Waals surface area (Å²) in [6.45, 7) is 1.95. The molecular formula is C20H18ClN3O3S. The molecule has 2 amide bonds. The molecule has 6 nitrogen and oxygen atoms in total. The van der Waals surface area contributed by atoms with Crippen molar-refractivity contribution in [2.24, 2.45) is 0 Å². The van der Waals surface area contributed by atoms with Crippen LogP contribution in [-0.2, 0) is 4.79 Å². The van der Waals surface area contributed by atoms with Gasteiger partial charge in [-0.1, -0.05) is 41.1 Å². The van der Waals surface area contributed by atoms with E-state index in [0.717, 1.165) is 11.3 Å². The number of nitrogens with one attached hydrogen (secondary N) is 2. The molecule has 0 unspecified atom stereocenters. The number of anilines is 2. The highest BCUT2D eigenvalue weighted by Crippen LogP contribution is 2.24. The Labute approximate surface area is 171 Å². The highest BCUT2D eigenvalue weighted by Gasteiger charge is 2.16. The second-order valence-electron chi connectivity index (χ2n) is 5.85. The molecule has 0 bridgehead atoms. The molecule has 2 aromatic carbocycles. The quantitative estimate of drug-likeness (QED) is 0.582. The van der Waals surface area contributed by atoms with Gasteiger partial charge < -0.3 is 15.4 Å². The van der Waals surface area contributed by atoms with Crippen molar-refractivity contribution in [3.8, 4) is 5.75 Å². The Morgan fingerprint density at radius 3 is 2.50 bits per heavy atom. The van der Waals surface area contributed by atoms with Crippen LogP contribution in [0, 0.1) is 6.92 Å². The van der Waals surface area contributed by atoms with Crippen LogP contribution in [0.3, 0.4) is 0 Å². The molecule has 3 rings (SSSR count). The van der Waals surface area contributed by atoms with E-state index in [9.17, 15) is 9.59 Å². The predicted molar refractivity (Wildman–Crippen MR) is 111 cm³/mol. The summed E-state index contributed by atoms with van der Waals surface area (Å²) in [5, 5.41) is 6.52. The standard InChI is InChI=1S/C20H18ClN3O3S/c1-13-18(19(26)23-15-5-3-2-4-6-15)28-20(22-13)24-17(25)11-12-27-16-9-7-14(21)8-10-16/h2-10H,11-12H2,1H3,(H,23,26)(H,22,24,25). The van der Waals surface area contributed by atoms with Crippen molar-refractivity contribution >= 4 is 45.6 Å². The Hall–Kier alpha value is -2.90. The first-order valence-electron chi connectivity index (χ1n) is 8.53. The molecular weight excluding hydrogens is 398 g/mol. The van der Waals surface area contributed by atoms with Crippen molar-refractivity contribution in [1.82, 2.24) is 4.98 Å². The lowest BCUT2D eigenvalue weighted by molar-refractivity contribution is -0.116. The lowest BCUT2D eigenvalue weighted by Gasteiger charge is -2.06. The molecule has 0 radical (unpaired) electrons. The Morgan fingerprint density at radius 2 is 1.79 bits per heavy atom. The average Bonchev–Trinajstić information content (AvgIpc) is 3.04. The molecule has 0 saturated heterocycles. The third-order valence-corrected chi connectivity index (χ3v) is 5.02. The van der Waals surface area contributed by atoms with Gasteiger partial charge in [0.1, 0.15) is 10.6 Å². The van der Waals surface area contributed by atoms with Crippen molar-refractivity contribution in [2.75, 3.05) is 17.2 Å². The molecule has 0 atom stereocenters. The van der Waals surface area contributed by atoms with Gasteiger partial charge in [0, 0.05) is 10.7 Å². The van der Waals surface area contributed by atoms with Gasteiger partial charge in [-0.05, 0) is 43.3 Å². The van der Waals surface area contributed by atoms with Gasteiger partial charge in [-0.15, -0.1) is 0 Å². The van der Waals surface area contributed by atoms with Crippen LogP contribution >= 0.6 is 22.9 Å². The monoisotopic (exact) mass is 415 g/mol. The van der Waals surface area contributed by atoms with E-state index in [-0.39, 0.29) is 24.8 Å². The number of amides is 2. The molecule has 0 saturated carbocycles. The number of benzene rings is 2. The number of hydrogen-bond acceptors (Lipinski definition) is 5. The summed E-state index contributed by atoms with van der Waals surface area (Å²) in [5.74, 6) is 0.146. The van der Waals surface area contributed by atoms with E-state index in [0.29, 0.717) is 32.2 Å². The second kappa shape index (κ2) is 9.34. The van der Waals surface area contributed by atoms with Gasteiger partial charge in [0.25, 0.3) is 5.91 Å². The van der Waals surface area contributed by atoms with E-state index in [2.05, 4.69) is 15.6 Å². The van der Waals surface area contributed by atoms with Crippen molar-refractivity contribution in [3.63, 3.8) is 0 Å². The largest absolute Gasteiger partial charge is 0.493 e. The lowest BCUT2D eigenvalue weighted by Crippen LogP contribution is -2.15. The number of hydrogen-bond donors (Lipinski definition) is 2. The maximum atomic E-state index is 12.4. The molecule has 8 heteroatoms. The van der Waals surface area contributed by atoms with E-state index >= 15 is 0 Å². The number of aromatic nitrogens is 1. The molecule has 0 aliphatic carbocycles. The predicted octanol–water partition coefficient (Wildman–Crippen LogP) is 4.76. The van der Waals surface area contributed by atoms with Crippen molar-refractivity contribution < 1.29 is 14.3 Å². The zero-order valence-electron chi connectivity index (χ0n) is 15.1. The minimum atomic E-state index is -0.257. The summed E-state index contributed by atoms with van der Waals surface area (Å²) in [5.41, 5.74) is 1.26. The van der Waals surface area contributed by atoms with Gasteiger partial charge in [0.05, 0.1) is 18.7 Å². The van der Waals surface area contributed by atoms with Gasteiger partial charge in [0.15, 0.2) is 5.13 Å². The molecule has 0 fully saturated rings. The summed E-state index contributed by atoms with van der Waals surface area (Å²) in [6, 6.07) is 16.1. The zero-order valence-corrected chi connectivity index (χ0v) is 16.6. The Kier molecular flexibility index (Phi) is 6.62. The molecule has 0 aliphatic rings. The van der Waals surface area contributed by atoms with E-state index in [1.165, 1.54) is 0 Å². The molecule has 1 aromatic heterocycles. The lowest BCUT2D eigenvalue weighted by atomic mass is 10.3. The molecule has 0 aliphatic heterocycles. The fraction of sp³-hybridized carbons (Fsp3) is 0.150. The first-order valence-corrected chi connectivity index (χ1v) is 9.73. The fourth-order valence-corrected chi connectivity index (χ4v) is 3.35. The van der Waals surface area contributed by atoms with Gasteiger partial charge in [0.2, 0.25) is 5.91 Å². The van der Waals surface area contributed by atoms with E-state index in [1.807, 2.05) is 18.2 Å². The summed E-state index contributed by atoms with van der Waals surface area (Å²) in [7, 11) is 0. The molecule has 28 heavy (non-hydrogen) atoms. The number of ether oxygens (including phenoxy) is 1. The molecule has 0 spiro atoms. The molecule has 2 N–H and O–H groups in total. The van der Waals surface area contributed by atoms with Gasteiger partial charge in [-0.3, -0.25) is 9.59 Å². The number of para-hydroxylation sites is 1. The van der Waals surface area contributed by atoms with E-state index in [4.69, 9.17) is 16.3 Å². The molecule has 1 heterocycles. The summed E-state index contributed by atoms with van der Waals surface area (Å²) < 4.78 is 5.50. The van der Waals surface area contributed by atoms with Gasteiger partial charge in [-0.2, -0.15) is 0 Å². The Bertz CT molecular complexity index is 959. The number of rotatable bonds is 7. The van der Waals surface area contributed by atoms with Crippen LogP contribution in [0.25, 0.3) is 0 Å². The van der Waals surface area contributed by atoms with Crippen LogP contribution in [0.15, 0.2) is 54.6 Å². The first kappa shape index (κ1) is 19.9.